The van der Waals surface area contributed by atoms with Crippen LogP contribution >= 0.6 is 0 Å². The third kappa shape index (κ3) is 4.94. The van der Waals surface area contributed by atoms with Crippen LogP contribution in [0.4, 0.5) is 0 Å². The van der Waals surface area contributed by atoms with Gasteiger partial charge in [0.15, 0.2) is 0 Å². The van der Waals surface area contributed by atoms with Crippen molar-refractivity contribution in [3.63, 3.8) is 0 Å². The molecule has 0 radical (unpaired) electrons. The van der Waals surface area contributed by atoms with Crippen LogP contribution in [0.25, 0.3) is 0 Å². The fourth-order valence-corrected chi connectivity index (χ4v) is 1.55. The lowest BCUT2D eigenvalue weighted by Crippen LogP contribution is -2.48. The molecular weight excluding hydrogens is 178 g/mol. The Morgan fingerprint density at radius 3 is 1.79 bits per heavy atom. The number of aliphatic hydroxyl groups is 2. The van der Waals surface area contributed by atoms with E-state index in [0.717, 1.165) is 25.7 Å². The van der Waals surface area contributed by atoms with E-state index in [-0.39, 0.29) is 24.8 Å². The van der Waals surface area contributed by atoms with Crippen LogP contribution < -0.4 is 5.32 Å². The minimum Gasteiger partial charge on any atom is -0.396 e. The average Bonchev–Trinajstić information content (AvgIpc) is 2.18. The Bertz CT molecular complexity index is 129. The summed E-state index contributed by atoms with van der Waals surface area (Å²) in [6.07, 6.45) is 3.57. The minimum absolute atomic E-state index is 0.134. The number of aliphatic hydroxyl groups excluding tert-OH is 2. The second-order valence-corrected chi connectivity index (χ2v) is 4.13. The van der Waals surface area contributed by atoms with Crippen molar-refractivity contribution in [3.8, 4) is 0 Å². The highest BCUT2D eigenvalue weighted by molar-refractivity contribution is 4.84. The molecule has 0 aromatic carbocycles. The second-order valence-electron chi connectivity index (χ2n) is 4.13. The molecule has 0 saturated carbocycles. The van der Waals surface area contributed by atoms with Crippen molar-refractivity contribution >= 4 is 0 Å². The summed E-state index contributed by atoms with van der Waals surface area (Å²) in [7, 11) is 0. The fourth-order valence-electron chi connectivity index (χ4n) is 1.55. The molecule has 14 heavy (non-hydrogen) atoms. The molecule has 0 aliphatic rings. The summed E-state index contributed by atoms with van der Waals surface area (Å²) in [5.41, 5.74) is 0.134. The van der Waals surface area contributed by atoms with Gasteiger partial charge in [0, 0.05) is 24.8 Å². The molecule has 3 heteroatoms. The maximum atomic E-state index is 8.88. The smallest absolute Gasteiger partial charge is 0.0445 e. The first-order valence-corrected chi connectivity index (χ1v) is 5.61. The van der Waals surface area contributed by atoms with Crippen molar-refractivity contribution in [1.82, 2.24) is 5.32 Å². The van der Waals surface area contributed by atoms with Gasteiger partial charge in [0.2, 0.25) is 0 Å². The lowest BCUT2D eigenvalue weighted by Gasteiger charge is -2.33. The van der Waals surface area contributed by atoms with E-state index in [0.29, 0.717) is 0 Å². The summed E-state index contributed by atoms with van der Waals surface area (Å²) in [5.74, 6) is 0. The van der Waals surface area contributed by atoms with Crippen LogP contribution in [0, 0.1) is 0 Å². The molecular formula is C11H25NO2. The maximum absolute atomic E-state index is 8.88. The molecule has 0 rings (SSSR count). The second kappa shape index (κ2) is 7.21. The molecule has 86 valence electrons. The summed E-state index contributed by atoms with van der Waals surface area (Å²) in [4.78, 5) is 0. The van der Waals surface area contributed by atoms with Crippen molar-refractivity contribution < 1.29 is 10.2 Å². The number of nitrogens with one attached hydrogen (secondary N) is 1. The van der Waals surface area contributed by atoms with Gasteiger partial charge >= 0.3 is 0 Å². The van der Waals surface area contributed by atoms with E-state index in [1.165, 1.54) is 0 Å². The molecule has 0 aromatic heterocycles. The van der Waals surface area contributed by atoms with Gasteiger partial charge in [-0.25, -0.2) is 0 Å². The van der Waals surface area contributed by atoms with Gasteiger partial charge in [-0.3, -0.25) is 0 Å². The molecule has 0 amide bonds. The first kappa shape index (κ1) is 13.9. The topological polar surface area (TPSA) is 52.5 Å². The van der Waals surface area contributed by atoms with Crippen LogP contribution in [-0.4, -0.2) is 35.0 Å². The SMILES string of the molecule is CCC(C)(CC)NC(CCO)CCO. The monoisotopic (exact) mass is 203 g/mol. The summed E-state index contributed by atoms with van der Waals surface area (Å²) in [6.45, 7) is 6.87. The van der Waals surface area contributed by atoms with Crippen LogP contribution in [0.15, 0.2) is 0 Å². The van der Waals surface area contributed by atoms with Crippen LogP contribution in [-0.2, 0) is 0 Å². The Morgan fingerprint density at radius 2 is 1.50 bits per heavy atom. The van der Waals surface area contributed by atoms with Crippen molar-refractivity contribution in [1.29, 1.82) is 0 Å². The van der Waals surface area contributed by atoms with E-state index in [1.807, 2.05) is 0 Å². The molecule has 0 bridgehead atoms. The average molecular weight is 203 g/mol. The molecule has 0 atom stereocenters. The van der Waals surface area contributed by atoms with Crippen LogP contribution in [0.1, 0.15) is 46.5 Å². The highest BCUT2D eigenvalue weighted by Gasteiger charge is 2.22. The van der Waals surface area contributed by atoms with E-state index in [1.54, 1.807) is 0 Å². The van der Waals surface area contributed by atoms with Crippen molar-refractivity contribution in [2.75, 3.05) is 13.2 Å². The third-order valence-electron chi connectivity index (χ3n) is 3.07. The predicted octanol–water partition coefficient (Wildman–Crippen LogP) is 1.29. The Morgan fingerprint density at radius 1 is 1.07 bits per heavy atom. The van der Waals surface area contributed by atoms with Crippen LogP contribution in [0.2, 0.25) is 0 Å². The summed E-state index contributed by atoms with van der Waals surface area (Å²) in [5, 5.41) is 21.3. The molecule has 0 aliphatic heterocycles. The molecule has 0 saturated heterocycles. The Labute approximate surface area is 87.5 Å². The molecule has 0 spiro atoms. The van der Waals surface area contributed by atoms with Gasteiger partial charge in [-0.1, -0.05) is 13.8 Å². The quantitative estimate of drug-likeness (QED) is 0.557. The zero-order valence-corrected chi connectivity index (χ0v) is 9.71. The molecule has 0 aromatic rings. The van der Waals surface area contributed by atoms with Gasteiger partial charge in [-0.05, 0) is 32.6 Å². The van der Waals surface area contributed by atoms with Crippen LogP contribution in [0.5, 0.6) is 0 Å². The Balaban J connectivity index is 4.10. The summed E-state index contributed by atoms with van der Waals surface area (Å²) >= 11 is 0. The van der Waals surface area contributed by atoms with E-state index in [9.17, 15) is 0 Å². The van der Waals surface area contributed by atoms with Gasteiger partial charge in [0.05, 0.1) is 0 Å². The zero-order valence-electron chi connectivity index (χ0n) is 9.71. The Kier molecular flexibility index (Phi) is 7.15. The van der Waals surface area contributed by atoms with Gasteiger partial charge in [-0.15, -0.1) is 0 Å². The summed E-state index contributed by atoms with van der Waals surface area (Å²) < 4.78 is 0. The van der Waals surface area contributed by atoms with Crippen molar-refractivity contribution in [2.24, 2.45) is 0 Å². The highest BCUT2D eigenvalue weighted by Crippen LogP contribution is 2.16. The zero-order chi connectivity index (χ0) is 11.0. The first-order valence-electron chi connectivity index (χ1n) is 5.61. The summed E-state index contributed by atoms with van der Waals surface area (Å²) in [6, 6.07) is 0.231. The van der Waals surface area contributed by atoms with Gasteiger partial charge < -0.3 is 15.5 Å². The first-order chi connectivity index (χ1) is 6.61. The number of rotatable bonds is 8. The molecule has 0 unspecified atom stereocenters. The fraction of sp³-hybridized carbons (Fsp3) is 1.00. The normalized spacial score (nSPS) is 12.4. The largest absolute Gasteiger partial charge is 0.396 e. The van der Waals surface area contributed by atoms with E-state index >= 15 is 0 Å². The Hall–Kier alpha value is -0.120. The molecule has 0 heterocycles. The molecule has 0 aliphatic carbocycles. The van der Waals surface area contributed by atoms with E-state index in [4.69, 9.17) is 10.2 Å². The maximum Gasteiger partial charge on any atom is 0.0445 e. The van der Waals surface area contributed by atoms with Crippen molar-refractivity contribution in [2.45, 2.75) is 58.0 Å². The van der Waals surface area contributed by atoms with Gasteiger partial charge in [0.25, 0.3) is 0 Å². The van der Waals surface area contributed by atoms with E-state index in [2.05, 4.69) is 26.1 Å². The minimum atomic E-state index is 0.134. The number of hydrogen-bond acceptors (Lipinski definition) is 3. The van der Waals surface area contributed by atoms with E-state index < -0.39 is 0 Å². The molecule has 0 fully saturated rings. The van der Waals surface area contributed by atoms with Gasteiger partial charge in [-0.2, -0.15) is 0 Å². The lowest BCUT2D eigenvalue weighted by atomic mass is 9.93. The third-order valence-corrected chi connectivity index (χ3v) is 3.07. The van der Waals surface area contributed by atoms with Gasteiger partial charge in [0.1, 0.15) is 0 Å². The number of hydrogen-bond donors (Lipinski definition) is 3. The standard InChI is InChI=1S/C11H25NO2/c1-4-11(3,5-2)12-10(6-8-13)7-9-14/h10,12-14H,4-9H2,1-3H3. The predicted molar refractivity (Wildman–Crippen MR) is 59.3 cm³/mol. The van der Waals surface area contributed by atoms with Crippen LogP contribution in [0.3, 0.4) is 0 Å². The molecule has 3 N–H and O–H groups in total. The molecule has 3 nitrogen and oxygen atoms in total. The van der Waals surface area contributed by atoms with Crippen molar-refractivity contribution in [3.05, 3.63) is 0 Å². The lowest BCUT2D eigenvalue weighted by molar-refractivity contribution is 0.194. The highest BCUT2D eigenvalue weighted by atomic mass is 16.3.